The summed E-state index contributed by atoms with van der Waals surface area (Å²) in [4.78, 5) is 0. The van der Waals surface area contributed by atoms with E-state index in [-0.39, 0.29) is 20.5 Å². The van der Waals surface area contributed by atoms with E-state index in [1.165, 1.54) is 18.1 Å². The van der Waals surface area contributed by atoms with E-state index in [0.29, 0.717) is 22.2 Å². The first-order valence-electron chi connectivity index (χ1n) is 10.2. The van der Waals surface area contributed by atoms with Gasteiger partial charge in [-0.3, -0.25) is 0 Å². The molecule has 0 radical (unpaired) electrons. The standard InChI is InChI=1S/C15H21Cl2NO2.C6H16Si/c1-15(2)7-6-10(20-15)8-18-9-13(19)14-11(16)4-3-5-12(14)17;1-4-7(5-2)6-3/h3-5,10,13,18-19H,6-9H2,1-2H3;7H,4-6H2,1-3H3/t10-,13?;/m0./s1. The molecule has 0 saturated carbocycles. The molecule has 3 nitrogen and oxygen atoms in total. The molecule has 0 aromatic heterocycles. The smallest absolute Gasteiger partial charge is 0.0943 e. The van der Waals surface area contributed by atoms with E-state index < -0.39 is 6.10 Å². The molecule has 1 aromatic rings. The number of aliphatic hydroxyl groups excluding tert-OH is 1. The topological polar surface area (TPSA) is 41.5 Å². The molecule has 1 unspecified atom stereocenters. The molecule has 6 heteroatoms. The van der Waals surface area contributed by atoms with Crippen LogP contribution in [0, 0.1) is 0 Å². The lowest BCUT2D eigenvalue weighted by atomic mass is 10.1. The first-order valence-corrected chi connectivity index (χ1v) is 13.4. The summed E-state index contributed by atoms with van der Waals surface area (Å²) in [6.45, 7) is 12.3. The van der Waals surface area contributed by atoms with Gasteiger partial charge in [0.25, 0.3) is 0 Å². The van der Waals surface area contributed by atoms with E-state index in [2.05, 4.69) is 39.9 Å². The van der Waals surface area contributed by atoms with Crippen molar-refractivity contribution in [3.8, 4) is 0 Å². The lowest BCUT2D eigenvalue weighted by molar-refractivity contribution is -0.0150. The maximum absolute atomic E-state index is 10.2. The van der Waals surface area contributed by atoms with Crippen molar-refractivity contribution in [2.75, 3.05) is 13.1 Å². The number of rotatable bonds is 8. The number of benzene rings is 1. The number of hydrogen-bond donors (Lipinski definition) is 2. The van der Waals surface area contributed by atoms with Crippen molar-refractivity contribution in [1.82, 2.24) is 5.32 Å². The van der Waals surface area contributed by atoms with E-state index in [0.717, 1.165) is 19.4 Å². The van der Waals surface area contributed by atoms with Crippen LogP contribution < -0.4 is 5.32 Å². The Morgan fingerprint density at radius 1 is 1.19 bits per heavy atom. The highest BCUT2D eigenvalue weighted by Crippen LogP contribution is 2.31. The molecular weight excluding hydrogens is 397 g/mol. The van der Waals surface area contributed by atoms with E-state index in [4.69, 9.17) is 27.9 Å². The van der Waals surface area contributed by atoms with Crippen LogP contribution in [0.5, 0.6) is 0 Å². The van der Waals surface area contributed by atoms with Gasteiger partial charge >= 0.3 is 0 Å². The zero-order chi connectivity index (χ0) is 20.4. The van der Waals surface area contributed by atoms with Gasteiger partial charge in [0, 0.05) is 37.5 Å². The molecule has 156 valence electrons. The van der Waals surface area contributed by atoms with Gasteiger partial charge in [0.15, 0.2) is 0 Å². The minimum atomic E-state index is -0.717. The SMILES string of the molecule is CC1(C)CC[C@@H](CNCC(O)c2c(Cl)cccc2Cl)O1.CC[SiH](CC)CC. The Morgan fingerprint density at radius 2 is 1.74 bits per heavy atom. The third kappa shape index (κ3) is 8.84. The number of ether oxygens (including phenoxy) is 1. The molecule has 0 spiro atoms. The molecule has 1 heterocycles. The van der Waals surface area contributed by atoms with Crippen molar-refractivity contribution in [1.29, 1.82) is 0 Å². The van der Waals surface area contributed by atoms with Crippen LogP contribution in [0.3, 0.4) is 0 Å². The predicted octanol–water partition coefficient (Wildman–Crippen LogP) is 5.85. The monoisotopic (exact) mass is 433 g/mol. The van der Waals surface area contributed by atoms with E-state index in [1.54, 1.807) is 18.2 Å². The van der Waals surface area contributed by atoms with Crippen LogP contribution in [0.4, 0.5) is 0 Å². The van der Waals surface area contributed by atoms with Gasteiger partial charge < -0.3 is 15.2 Å². The molecule has 1 aromatic carbocycles. The third-order valence-corrected chi connectivity index (χ3v) is 9.45. The summed E-state index contributed by atoms with van der Waals surface area (Å²) in [5.41, 5.74) is 0.549. The van der Waals surface area contributed by atoms with Gasteiger partial charge in [0.2, 0.25) is 0 Å². The lowest BCUT2D eigenvalue weighted by Gasteiger charge is -2.20. The number of nitrogens with one attached hydrogen (secondary N) is 1. The first kappa shape index (κ1) is 24.9. The molecule has 1 aliphatic rings. The van der Waals surface area contributed by atoms with Crippen LogP contribution in [0.15, 0.2) is 18.2 Å². The maximum Gasteiger partial charge on any atom is 0.0943 e. The van der Waals surface area contributed by atoms with Gasteiger partial charge in [0.05, 0.1) is 17.8 Å². The second-order valence-corrected chi connectivity index (χ2v) is 12.9. The summed E-state index contributed by atoms with van der Waals surface area (Å²) in [6, 6.07) is 9.71. The fraction of sp³-hybridized carbons (Fsp3) is 0.714. The van der Waals surface area contributed by atoms with E-state index >= 15 is 0 Å². The van der Waals surface area contributed by atoms with Crippen molar-refractivity contribution in [3.63, 3.8) is 0 Å². The summed E-state index contributed by atoms with van der Waals surface area (Å²) in [5.74, 6) is 0. The average molecular weight is 435 g/mol. The highest BCUT2D eigenvalue weighted by atomic mass is 35.5. The van der Waals surface area contributed by atoms with Gasteiger partial charge in [-0.2, -0.15) is 0 Å². The summed E-state index contributed by atoms with van der Waals surface area (Å²) in [7, 11) is -0.171. The zero-order valence-electron chi connectivity index (χ0n) is 17.5. The maximum atomic E-state index is 10.2. The van der Waals surface area contributed by atoms with Crippen LogP contribution >= 0.6 is 23.2 Å². The van der Waals surface area contributed by atoms with Crippen LogP contribution in [0.1, 0.15) is 59.1 Å². The van der Waals surface area contributed by atoms with Crippen LogP contribution in [0.2, 0.25) is 28.2 Å². The van der Waals surface area contributed by atoms with Crippen molar-refractivity contribution in [2.24, 2.45) is 0 Å². The van der Waals surface area contributed by atoms with Gasteiger partial charge in [-0.25, -0.2) is 0 Å². The van der Waals surface area contributed by atoms with Gasteiger partial charge in [0.1, 0.15) is 0 Å². The molecule has 27 heavy (non-hydrogen) atoms. The second kappa shape index (κ2) is 12.5. The van der Waals surface area contributed by atoms with E-state index in [1.807, 2.05) is 0 Å². The quantitative estimate of drug-likeness (QED) is 0.505. The summed E-state index contributed by atoms with van der Waals surface area (Å²) in [5, 5.41) is 14.4. The molecule has 2 rings (SSSR count). The molecule has 0 aliphatic carbocycles. The Hall–Kier alpha value is -0.103. The Labute approximate surface area is 177 Å². The predicted molar refractivity (Wildman–Crippen MR) is 121 cm³/mol. The summed E-state index contributed by atoms with van der Waals surface area (Å²) in [6.07, 6.45) is 1.60. The molecule has 1 aliphatic heterocycles. The highest BCUT2D eigenvalue weighted by Gasteiger charge is 2.31. The van der Waals surface area contributed by atoms with Crippen LogP contribution in [0.25, 0.3) is 0 Å². The van der Waals surface area contributed by atoms with Crippen molar-refractivity contribution in [3.05, 3.63) is 33.8 Å². The Balaban J connectivity index is 0.000000445. The fourth-order valence-corrected chi connectivity index (χ4v) is 5.78. The number of hydrogen-bond acceptors (Lipinski definition) is 3. The first-order chi connectivity index (χ1) is 12.7. The molecule has 2 atom stereocenters. The molecule has 1 fully saturated rings. The normalized spacial score (nSPS) is 19.7. The van der Waals surface area contributed by atoms with E-state index in [9.17, 15) is 5.11 Å². The molecule has 1 saturated heterocycles. The second-order valence-electron chi connectivity index (χ2n) is 7.94. The summed E-state index contributed by atoms with van der Waals surface area (Å²) < 4.78 is 5.89. The van der Waals surface area contributed by atoms with Crippen LogP contribution in [-0.2, 0) is 4.74 Å². The average Bonchev–Trinajstić information content (AvgIpc) is 2.96. The largest absolute Gasteiger partial charge is 0.387 e. The minimum absolute atomic E-state index is 0.0307. The fourth-order valence-electron chi connectivity index (χ4n) is 3.40. The van der Waals surface area contributed by atoms with Crippen LogP contribution in [-0.4, -0.2) is 38.7 Å². The van der Waals surface area contributed by atoms with Crippen molar-refractivity contribution in [2.45, 2.75) is 83.4 Å². The Bertz CT molecular complexity index is 527. The molecule has 2 N–H and O–H groups in total. The lowest BCUT2D eigenvalue weighted by Crippen LogP contribution is -2.32. The molecule has 0 bridgehead atoms. The number of halogens is 2. The number of aliphatic hydroxyl groups is 1. The third-order valence-electron chi connectivity index (χ3n) is 5.33. The Kier molecular flexibility index (Phi) is 11.5. The van der Waals surface area contributed by atoms with Gasteiger partial charge in [-0.05, 0) is 38.8 Å². The van der Waals surface area contributed by atoms with Crippen molar-refractivity contribution < 1.29 is 9.84 Å². The van der Waals surface area contributed by atoms with Gasteiger partial charge in [-0.1, -0.05) is 68.2 Å². The Morgan fingerprint density at radius 3 is 2.15 bits per heavy atom. The molecule has 0 amide bonds. The van der Waals surface area contributed by atoms with Gasteiger partial charge in [-0.15, -0.1) is 0 Å². The highest BCUT2D eigenvalue weighted by molar-refractivity contribution is 6.58. The minimum Gasteiger partial charge on any atom is -0.387 e. The summed E-state index contributed by atoms with van der Waals surface area (Å²) >= 11 is 12.1. The van der Waals surface area contributed by atoms with Crippen molar-refractivity contribution >= 4 is 32.0 Å². The molecular formula is C21H37Cl2NO2Si. The zero-order valence-corrected chi connectivity index (χ0v) is 20.2.